The second-order valence-electron chi connectivity index (χ2n) is 6.46. The van der Waals surface area contributed by atoms with Crippen LogP contribution < -0.4 is 5.32 Å². The molecule has 20 heavy (non-hydrogen) atoms. The Hall–Kier alpha value is -0.883. The van der Waals surface area contributed by atoms with Gasteiger partial charge in [0.05, 0.1) is 17.9 Å². The van der Waals surface area contributed by atoms with E-state index in [1.165, 1.54) is 0 Å². The van der Waals surface area contributed by atoms with Crippen molar-refractivity contribution in [3.8, 4) is 0 Å². The number of hydrogen-bond donors (Lipinski definition) is 2. The minimum absolute atomic E-state index is 0.0252. The molecule has 1 heterocycles. The number of β-lactam (4-membered cyclic amide) rings is 1. The Morgan fingerprint density at radius 1 is 1.40 bits per heavy atom. The molecule has 1 fully saturated rings. The van der Waals surface area contributed by atoms with Crippen LogP contribution in [0.25, 0.3) is 0 Å². The first kappa shape index (κ1) is 17.2. The summed E-state index contributed by atoms with van der Waals surface area (Å²) in [5.74, 6) is -1.08. The summed E-state index contributed by atoms with van der Waals surface area (Å²) in [4.78, 5) is 23.0. The van der Waals surface area contributed by atoms with E-state index in [4.69, 9.17) is 9.53 Å². The molecule has 116 valence electrons. The molecule has 5 nitrogen and oxygen atoms in total. The van der Waals surface area contributed by atoms with Gasteiger partial charge in [-0.25, -0.2) is 0 Å². The Morgan fingerprint density at radius 2 is 2.00 bits per heavy atom. The van der Waals surface area contributed by atoms with E-state index in [0.717, 1.165) is 6.42 Å². The molecule has 0 aromatic heterocycles. The lowest BCUT2D eigenvalue weighted by Gasteiger charge is -2.44. The van der Waals surface area contributed by atoms with Gasteiger partial charge < -0.3 is 14.8 Å². The third-order valence-corrected chi connectivity index (χ3v) is 4.71. The summed E-state index contributed by atoms with van der Waals surface area (Å²) in [5, 5.41) is 11.9. The van der Waals surface area contributed by atoms with E-state index in [0.29, 0.717) is 12.5 Å². The highest BCUT2D eigenvalue weighted by molar-refractivity contribution is 6.48. The van der Waals surface area contributed by atoms with Crippen molar-refractivity contribution in [1.29, 1.82) is 0 Å². The van der Waals surface area contributed by atoms with Crippen molar-refractivity contribution in [2.75, 3.05) is 6.61 Å². The van der Waals surface area contributed by atoms with Gasteiger partial charge in [0, 0.05) is 6.61 Å². The highest BCUT2D eigenvalue weighted by atomic mass is 28.3. The van der Waals surface area contributed by atoms with Gasteiger partial charge in [-0.05, 0) is 38.3 Å². The number of hydrogen-bond acceptors (Lipinski definition) is 3. The molecule has 4 atom stereocenters. The van der Waals surface area contributed by atoms with Gasteiger partial charge >= 0.3 is 5.97 Å². The fourth-order valence-electron chi connectivity index (χ4n) is 2.75. The van der Waals surface area contributed by atoms with Crippen molar-refractivity contribution in [1.82, 2.24) is 5.32 Å². The maximum Gasteiger partial charge on any atom is 0.308 e. The first-order valence-electron chi connectivity index (χ1n) is 7.38. The van der Waals surface area contributed by atoms with Crippen molar-refractivity contribution in [3.63, 3.8) is 0 Å². The van der Waals surface area contributed by atoms with Crippen LogP contribution in [0.5, 0.6) is 0 Å². The van der Waals surface area contributed by atoms with Gasteiger partial charge in [-0.2, -0.15) is 0 Å². The molecular weight excluding hydrogens is 274 g/mol. The molecule has 1 amide bonds. The molecule has 0 aliphatic carbocycles. The molecular formula is C14H27NO4Si. The molecule has 1 aliphatic rings. The van der Waals surface area contributed by atoms with Crippen molar-refractivity contribution < 1.29 is 19.1 Å². The first-order valence-corrected chi connectivity index (χ1v) is 10.2. The van der Waals surface area contributed by atoms with Gasteiger partial charge in [-0.1, -0.05) is 13.8 Å². The number of nitrogens with one attached hydrogen (secondary N) is 1. The molecule has 0 aromatic carbocycles. The summed E-state index contributed by atoms with van der Waals surface area (Å²) in [6.07, 6.45) is 0.891. The number of carbonyl (C=O) groups excluding carboxylic acids is 1. The van der Waals surface area contributed by atoms with Crippen molar-refractivity contribution >= 4 is 20.9 Å². The molecule has 2 N–H and O–H groups in total. The summed E-state index contributed by atoms with van der Waals surface area (Å²) in [6, 6.07) is -0.263. The zero-order valence-electron chi connectivity index (χ0n) is 13.1. The second kappa shape index (κ2) is 7.22. The summed E-state index contributed by atoms with van der Waals surface area (Å²) >= 11 is 0. The minimum atomic E-state index is -1.13. The van der Waals surface area contributed by atoms with E-state index in [1.807, 2.05) is 0 Å². The standard InChI is InChI=1S/C14H27NO4Si/c1-8(2)6-10(7-19-20(4)5)11-12(15-13(11)16)9(3)14(17)18/h8-12,20H,6-7H2,1-5H3,(H,15,16)(H,17,18)/t9-,10+,11+,12-/m1/s1. The molecule has 0 unspecified atom stereocenters. The maximum atomic E-state index is 11.9. The van der Waals surface area contributed by atoms with Crippen molar-refractivity contribution in [3.05, 3.63) is 0 Å². The molecule has 0 saturated carbocycles. The highest BCUT2D eigenvalue weighted by Gasteiger charge is 2.48. The third-order valence-electron chi connectivity index (χ3n) is 3.85. The average Bonchev–Trinajstić information content (AvgIpc) is 2.31. The Labute approximate surface area is 122 Å². The maximum absolute atomic E-state index is 11.9. The molecule has 6 heteroatoms. The lowest BCUT2D eigenvalue weighted by atomic mass is 9.72. The van der Waals surface area contributed by atoms with Crippen LogP contribution in [-0.2, 0) is 14.0 Å². The Bertz CT molecular complexity index is 359. The van der Waals surface area contributed by atoms with Gasteiger partial charge in [-0.3, -0.25) is 9.59 Å². The first-order chi connectivity index (χ1) is 9.23. The zero-order chi connectivity index (χ0) is 15.4. The van der Waals surface area contributed by atoms with Crippen LogP contribution in [-0.4, -0.2) is 38.7 Å². The van der Waals surface area contributed by atoms with E-state index in [1.54, 1.807) is 6.92 Å². The monoisotopic (exact) mass is 301 g/mol. The van der Waals surface area contributed by atoms with E-state index in [-0.39, 0.29) is 23.8 Å². The molecule has 1 aliphatic heterocycles. The molecule has 0 radical (unpaired) electrons. The van der Waals surface area contributed by atoms with Crippen LogP contribution in [0.1, 0.15) is 27.2 Å². The Kier molecular flexibility index (Phi) is 6.20. The minimum Gasteiger partial charge on any atom is -0.481 e. The molecule has 0 bridgehead atoms. The van der Waals surface area contributed by atoms with E-state index < -0.39 is 20.9 Å². The number of carbonyl (C=O) groups is 2. The quantitative estimate of drug-likeness (QED) is 0.526. The van der Waals surface area contributed by atoms with Gasteiger partial charge in [0.1, 0.15) is 0 Å². The van der Waals surface area contributed by atoms with Crippen LogP contribution in [0.3, 0.4) is 0 Å². The molecule has 1 saturated heterocycles. The second-order valence-corrected chi connectivity index (χ2v) is 8.89. The van der Waals surface area contributed by atoms with Crippen molar-refractivity contribution in [2.24, 2.45) is 23.7 Å². The predicted octanol–water partition coefficient (Wildman–Crippen LogP) is 1.48. The molecule has 0 spiro atoms. The summed E-state index contributed by atoms with van der Waals surface area (Å²) in [7, 11) is -1.13. The van der Waals surface area contributed by atoms with Crippen LogP contribution in [0.15, 0.2) is 0 Å². The fourth-order valence-corrected chi connectivity index (χ4v) is 3.39. The molecule has 1 rings (SSSR count). The number of carboxylic acids is 1. The third kappa shape index (κ3) is 4.31. The van der Waals surface area contributed by atoms with Gasteiger partial charge in [0.2, 0.25) is 5.91 Å². The van der Waals surface area contributed by atoms with E-state index >= 15 is 0 Å². The zero-order valence-corrected chi connectivity index (χ0v) is 14.2. The van der Waals surface area contributed by atoms with E-state index in [2.05, 4.69) is 32.3 Å². The van der Waals surface area contributed by atoms with Crippen LogP contribution >= 0.6 is 0 Å². The van der Waals surface area contributed by atoms with Gasteiger partial charge in [0.25, 0.3) is 0 Å². The number of amides is 1. The fraction of sp³-hybridized carbons (Fsp3) is 0.857. The number of aliphatic carboxylic acids is 1. The molecule has 0 aromatic rings. The van der Waals surface area contributed by atoms with Crippen LogP contribution in [0, 0.1) is 23.7 Å². The lowest BCUT2D eigenvalue weighted by molar-refractivity contribution is -0.150. The SMILES string of the molecule is CC(C)C[C@@H](CO[SiH](C)C)[C@@H]1C(=O)N[C@@H]1[C@@H](C)C(=O)O. The predicted molar refractivity (Wildman–Crippen MR) is 80.0 cm³/mol. The van der Waals surface area contributed by atoms with Gasteiger partial charge in [0.15, 0.2) is 9.04 Å². The number of carboxylic acid groups (broad SMARTS) is 1. The normalized spacial score (nSPS) is 25.2. The summed E-state index contributed by atoms with van der Waals surface area (Å²) < 4.78 is 5.81. The summed E-state index contributed by atoms with van der Waals surface area (Å²) in [5.41, 5.74) is 0. The van der Waals surface area contributed by atoms with Gasteiger partial charge in [-0.15, -0.1) is 0 Å². The van der Waals surface area contributed by atoms with Crippen molar-refractivity contribution in [2.45, 2.75) is 46.3 Å². The van der Waals surface area contributed by atoms with Crippen LogP contribution in [0.2, 0.25) is 13.1 Å². The Morgan fingerprint density at radius 3 is 2.40 bits per heavy atom. The highest BCUT2D eigenvalue weighted by Crippen LogP contribution is 2.33. The topological polar surface area (TPSA) is 75.6 Å². The van der Waals surface area contributed by atoms with E-state index in [9.17, 15) is 9.59 Å². The summed E-state index contributed by atoms with van der Waals surface area (Å²) in [6.45, 7) is 10.7. The number of rotatable bonds is 8. The largest absolute Gasteiger partial charge is 0.481 e. The average molecular weight is 301 g/mol. The smallest absolute Gasteiger partial charge is 0.308 e. The Balaban J connectivity index is 2.76. The lowest BCUT2D eigenvalue weighted by Crippen LogP contribution is -2.65. The van der Waals surface area contributed by atoms with Crippen LogP contribution in [0.4, 0.5) is 0 Å².